The zero-order chi connectivity index (χ0) is 15.0. The molecule has 118 valence electrons. The van der Waals surface area contributed by atoms with Gasteiger partial charge in [0.2, 0.25) is 0 Å². The summed E-state index contributed by atoms with van der Waals surface area (Å²) < 4.78 is 0. The van der Waals surface area contributed by atoms with Crippen LogP contribution in [0.5, 0.6) is 0 Å². The molecule has 0 radical (unpaired) electrons. The molecule has 0 spiro atoms. The molecular formula is C19H37N. The first-order valence-corrected chi connectivity index (χ1v) is 8.94. The lowest BCUT2D eigenvalue weighted by molar-refractivity contribution is 0.166. The van der Waals surface area contributed by atoms with Gasteiger partial charge in [-0.2, -0.15) is 0 Å². The van der Waals surface area contributed by atoms with Crippen LogP contribution in [0.25, 0.3) is 0 Å². The summed E-state index contributed by atoms with van der Waals surface area (Å²) in [6.45, 7) is 15.8. The van der Waals surface area contributed by atoms with Gasteiger partial charge in [0.1, 0.15) is 0 Å². The minimum atomic E-state index is 0.760. The van der Waals surface area contributed by atoms with E-state index in [1.165, 1.54) is 50.6 Å². The van der Waals surface area contributed by atoms with E-state index >= 15 is 0 Å². The molecule has 1 saturated carbocycles. The quantitative estimate of drug-likeness (QED) is 0.556. The molecule has 0 heterocycles. The fourth-order valence-corrected chi connectivity index (χ4v) is 3.69. The number of hydrogen-bond donors (Lipinski definition) is 1. The Morgan fingerprint density at radius 1 is 1.20 bits per heavy atom. The van der Waals surface area contributed by atoms with Crippen LogP contribution in [0.4, 0.5) is 0 Å². The highest BCUT2D eigenvalue weighted by atomic mass is 14.9. The van der Waals surface area contributed by atoms with Crippen molar-refractivity contribution in [1.29, 1.82) is 0 Å². The van der Waals surface area contributed by atoms with Gasteiger partial charge in [0.25, 0.3) is 0 Å². The minimum Gasteiger partial charge on any atom is -0.316 e. The molecule has 0 amide bonds. The Morgan fingerprint density at radius 2 is 1.95 bits per heavy atom. The van der Waals surface area contributed by atoms with Crippen LogP contribution >= 0.6 is 0 Å². The van der Waals surface area contributed by atoms with Crippen LogP contribution in [0.15, 0.2) is 12.2 Å². The summed E-state index contributed by atoms with van der Waals surface area (Å²) >= 11 is 0. The summed E-state index contributed by atoms with van der Waals surface area (Å²) in [5, 5.41) is 3.69. The summed E-state index contributed by atoms with van der Waals surface area (Å²) in [5.74, 6) is 3.50. The molecular weight excluding hydrogens is 242 g/mol. The summed E-state index contributed by atoms with van der Waals surface area (Å²) in [6.07, 6.45) is 9.53. The number of nitrogens with one attached hydrogen (secondary N) is 1. The third-order valence-corrected chi connectivity index (χ3v) is 4.96. The van der Waals surface area contributed by atoms with Crippen molar-refractivity contribution >= 4 is 0 Å². The third kappa shape index (κ3) is 6.43. The summed E-state index contributed by atoms with van der Waals surface area (Å²) in [5.41, 5.74) is 1.46. The Bertz CT molecular complexity index is 269. The van der Waals surface area contributed by atoms with Gasteiger partial charge in [-0.3, -0.25) is 0 Å². The van der Waals surface area contributed by atoms with Crippen molar-refractivity contribution in [2.45, 2.75) is 72.6 Å². The van der Waals surface area contributed by atoms with E-state index in [1.54, 1.807) is 0 Å². The average Bonchev–Trinajstić information content (AvgIpc) is 2.41. The second-order valence-electron chi connectivity index (χ2n) is 7.35. The Hall–Kier alpha value is -0.300. The fraction of sp³-hybridized carbons (Fsp3) is 0.895. The van der Waals surface area contributed by atoms with Gasteiger partial charge in [-0.25, -0.2) is 0 Å². The zero-order valence-electron chi connectivity index (χ0n) is 14.4. The summed E-state index contributed by atoms with van der Waals surface area (Å²) in [4.78, 5) is 0. The van der Waals surface area contributed by atoms with E-state index in [1.807, 2.05) is 0 Å². The lowest BCUT2D eigenvalue weighted by Crippen LogP contribution is -2.34. The van der Waals surface area contributed by atoms with E-state index in [2.05, 4.69) is 39.6 Å². The lowest BCUT2D eigenvalue weighted by atomic mass is 9.70. The van der Waals surface area contributed by atoms with Crippen molar-refractivity contribution < 1.29 is 0 Å². The van der Waals surface area contributed by atoms with Gasteiger partial charge >= 0.3 is 0 Å². The van der Waals surface area contributed by atoms with Gasteiger partial charge in [-0.05, 0) is 62.4 Å². The number of allylic oxidation sites excluding steroid dienone is 1. The van der Waals surface area contributed by atoms with Crippen molar-refractivity contribution in [3.63, 3.8) is 0 Å². The SMILES string of the molecule is C=C(CC)CC1CC(CCC)CCC1CNCC(C)C. The van der Waals surface area contributed by atoms with E-state index in [-0.39, 0.29) is 0 Å². The predicted molar refractivity (Wildman–Crippen MR) is 91.0 cm³/mol. The maximum atomic E-state index is 4.26. The predicted octanol–water partition coefficient (Wildman–Crippen LogP) is 5.42. The topological polar surface area (TPSA) is 12.0 Å². The van der Waals surface area contributed by atoms with Crippen LogP contribution in [0.3, 0.4) is 0 Å². The standard InChI is InChI=1S/C19H37N/c1-6-8-17-9-10-18(14-20-13-15(3)4)19(12-17)11-16(5)7-2/h15,17-20H,5-14H2,1-4H3. The molecule has 3 atom stereocenters. The van der Waals surface area contributed by atoms with Crippen LogP contribution < -0.4 is 5.32 Å². The lowest BCUT2D eigenvalue weighted by Gasteiger charge is -2.37. The first kappa shape index (κ1) is 17.8. The van der Waals surface area contributed by atoms with Crippen LogP contribution in [0.1, 0.15) is 72.6 Å². The number of rotatable bonds is 9. The highest BCUT2D eigenvalue weighted by Gasteiger charge is 2.29. The van der Waals surface area contributed by atoms with Crippen molar-refractivity contribution in [3.05, 3.63) is 12.2 Å². The largest absolute Gasteiger partial charge is 0.316 e. The molecule has 1 aliphatic rings. The smallest absolute Gasteiger partial charge is 0.00176 e. The van der Waals surface area contributed by atoms with E-state index in [9.17, 15) is 0 Å². The van der Waals surface area contributed by atoms with E-state index in [0.717, 1.165) is 36.6 Å². The molecule has 20 heavy (non-hydrogen) atoms. The zero-order valence-corrected chi connectivity index (χ0v) is 14.4. The van der Waals surface area contributed by atoms with Crippen LogP contribution in [-0.2, 0) is 0 Å². The van der Waals surface area contributed by atoms with Gasteiger partial charge in [0.15, 0.2) is 0 Å². The minimum absolute atomic E-state index is 0.760. The third-order valence-electron chi connectivity index (χ3n) is 4.96. The molecule has 0 aliphatic heterocycles. The maximum absolute atomic E-state index is 4.26. The van der Waals surface area contributed by atoms with Crippen LogP contribution in [0.2, 0.25) is 0 Å². The molecule has 0 saturated heterocycles. The van der Waals surface area contributed by atoms with Crippen molar-refractivity contribution in [3.8, 4) is 0 Å². The normalized spacial score (nSPS) is 26.9. The Kier molecular flexibility index (Phi) is 8.52. The van der Waals surface area contributed by atoms with E-state index in [4.69, 9.17) is 0 Å². The van der Waals surface area contributed by atoms with Crippen LogP contribution in [-0.4, -0.2) is 13.1 Å². The fourth-order valence-electron chi connectivity index (χ4n) is 3.69. The molecule has 0 bridgehead atoms. The summed E-state index contributed by atoms with van der Waals surface area (Å²) in [7, 11) is 0. The number of hydrogen-bond acceptors (Lipinski definition) is 1. The second kappa shape index (κ2) is 9.60. The maximum Gasteiger partial charge on any atom is -0.00176 e. The van der Waals surface area contributed by atoms with Crippen LogP contribution in [0, 0.1) is 23.7 Å². The molecule has 0 aromatic rings. The summed E-state index contributed by atoms with van der Waals surface area (Å²) in [6, 6.07) is 0. The molecule has 0 aromatic carbocycles. The average molecular weight is 280 g/mol. The molecule has 1 nitrogen and oxygen atoms in total. The van der Waals surface area contributed by atoms with Gasteiger partial charge < -0.3 is 5.32 Å². The van der Waals surface area contributed by atoms with E-state index < -0.39 is 0 Å². The first-order valence-electron chi connectivity index (χ1n) is 8.94. The van der Waals surface area contributed by atoms with E-state index in [0.29, 0.717) is 0 Å². The van der Waals surface area contributed by atoms with Crippen molar-refractivity contribution in [1.82, 2.24) is 5.32 Å². The monoisotopic (exact) mass is 279 g/mol. The molecule has 1 N–H and O–H groups in total. The highest BCUT2D eigenvalue weighted by molar-refractivity contribution is 4.97. The molecule has 1 fully saturated rings. The highest BCUT2D eigenvalue weighted by Crippen LogP contribution is 2.39. The molecule has 1 aliphatic carbocycles. The van der Waals surface area contributed by atoms with Gasteiger partial charge in [0, 0.05) is 0 Å². The Balaban J connectivity index is 2.49. The Morgan fingerprint density at radius 3 is 2.55 bits per heavy atom. The van der Waals surface area contributed by atoms with Gasteiger partial charge in [-0.15, -0.1) is 0 Å². The second-order valence-corrected chi connectivity index (χ2v) is 7.35. The van der Waals surface area contributed by atoms with Gasteiger partial charge in [-0.1, -0.05) is 59.1 Å². The molecule has 1 heteroatoms. The first-order chi connectivity index (χ1) is 9.56. The van der Waals surface area contributed by atoms with Crippen molar-refractivity contribution in [2.75, 3.05) is 13.1 Å². The molecule has 0 aromatic heterocycles. The molecule has 1 rings (SSSR count). The van der Waals surface area contributed by atoms with Gasteiger partial charge in [0.05, 0.1) is 0 Å². The van der Waals surface area contributed by atoms with Crippen molar-refractivity contribution in [2.24, 2.45) is 23.7 Å². The molecule has 3 unspecified atom stereocenters. The Labute approximate surface area is 127 Å².